The first kappa shape index (κ1) is 32.9. The zero-order valence-corrected chi connectivity index (χ0v) is 31.3. The molecular formula is C50H33N3S2. The molecule has 55 heavy (non-hydrogen) atoms. The van der Waals surface area contributed by atoms with E-state index in [4.69, 9.17) is 9.97 Å². The second-order valence-electron chi connectivity index (χ2n) is 13.5. The van der Waals surface area contributed by atoms with Crippen molar-refractivity contribution in [2.24, 2.45) is 0 Å². The van der Waals surface area contributed by atoms with E-state index in [9.17, 15) is 0 Å². The van der Waals surface area contributed by atoms with Crippen molar-refractivity contribution < 1.29 is 0 Å². The number of benzene rings is 7. The van der Waals surface area contributed by atoms with Crippen LogP contribution in [0.4, 0.5) is 17.1 Å². The maximum Gasteiger partial charge on any atom is 0.160 e. The number of anilines is 3. The van der Waals surface area contributed by atoms with Gasteiger partial charge >= 0.3 is 0 Å². The average Bonchev–Trinajstić information content (AvgIpc) is 3.90. The van der Waals surface area contributed by atoms with Crippen LogP contribution in [0.1, 0.15) is 0 Å². The minimum Gasteiger partial charge on any atom is -0.311 e. The lowest BCUT2D eigenvalue weighted by Gasteiger charge is -2.26. The highest BCUT2D eigenvalue weighted by Crippen LogP contribution is 2.41. The van der Waals surface area contributed by atoms with Crippen molar-refractivity contribution in [2.75, 3.05) is 4.90 Å². The Morgan fingerprint density at radius 3 is 1.16 bits per heavy atom. The number of fused-ring (bicyclic) bond motifs is 2. The molecule has 3 aromatic heterocycles. The van der Waals surface area contributed by atoms with Crippen LogP contribution in [-0.2, 0) is 0 Å². The van der Waals surface area contributed by atoms with Crippen LogP contribution in [0.25, 0.3) is 75.0 Å². The maximum atomic E-state index is 5.08. The van der Waals surface area contributed by atoms with Crippen LogP contribution in [0.15, 0.2) is 200 Å². The van der Waals surface area contributed by atoms with Gasteiger partial charge in [-0.3, -0.25) is 0 Å². The Balaban J connectivity index is 1.03. The summed E-state index contributed by atoms with van der Waals surface area (Å²) in [7, 11) is 0. The Hall–Kier alpha value is -6.66. The smallest absolute Gasteiger partial charge is 0.160 e. The third kappa shape index (κ3) is 6.61. The predicted octanol–water partition coefficient (Wildman–Crippen LogP) is 14.7. The number of thiophene rings is 2. The number of hydrogen-bond donors (Lipinski definition) is 0. The molecule has 260 valence electrons. The molecule has 0 saturated heterocycles. The highest BCUT2D eigenvalue weighted by atomic mass is 32.1. The van der Waals surface area contributed by atoms with E-state index < -0.39 is 0 Å². The summed E-state index contributed by atoms with van der Waals surface area (Å²) >= 11 is 3.67. The molecular weight excluding hydrogens is 707 g/mol. The summed E-state index contributed by atoms with van der Waals surface area (Å²) in [6.45, 7) is 0. The molecule has 10 aromatic rings. The fourth-order valence-corrected chi connectivity index (χ4v) is 9.23. The van der Waals surface area contributed by atoms with Crippen molar-refractivity contribution in [1.82, 2.24) is 9.97 Å². The van der Waals surface area contributed by atoms with E-state index in [0.29, 0.717) is 5.82 Å². The first-order valence-corrected chi connectivity index (χ1v) is 19.9. The van der Waals surface area contributed by atoms with Gasteiger partial charge in [-0.1, -0.05) is 133 Å². The number of aromatic nitrogens is 2. The van der Waals surface area contributed by atoms with Gasteiger partial charge in [-0.05, 0) is 88.6 Å². The molecule has 0 radical (unpaired) electrons. The van der Waals surface area contributed by atoms with Crippen molar-refractivity contribution in [3.63, 3.8) is 0 Å². The molecule has 5 heteroatoms. The summed E-state index contributed by atoms with van der Waals surface area (Å²) in [5.41, 5.74) is 10.5. The van der Waals surface area contributed by atoms with Gasteiger partial charge in [-0.2, -0.15) is 0 Å². The van der Waals surface area contributed by atoms with E-state index in [1.54, 1.807) is 0 Å². The first-order chi connectivity index (χ1) is 27.2. The van der Waals surface area contributed by atoms with Gasteiger partial charge in [-0.15, -0.1) is 22.7 Å². The molecule has 0 atom stereocenters. The van der Waals surface area contributed by atoms with E-state index in [0.717, 1.165) is 45.1 Å². The molecule has 0 bridgehead atoms. The lowest BCUT2D eigenvalue weighted by Crippen LogP contribution is -2.09. The Morgan fingerprint density at radius 1 is 0.327 bits per heavy atom. The highest BCUT2D eigenvalue weighted by Gasteiger charge is 2.16. The van der Waals surface area contributed by atoms with Crippen LogP contribution in [-0.4, -0.2) is 9.97 Å². The third-order valence-electron chi connectivity index (χ3n) is 9.92. The first-order valence-electron chi connectivity index (χ1n) is 18.3. The molecule has 0 unspecified atom stereocenters. The van der Waals surface area contributed by atoms with Crippen LogP contribution in [0.2, 0.25) is 0 Å². The molecule has 0 aliphatic rings. The van der Waals surface area contributed by atoms with Gasteiger partial charge in [0.1, 0.15) is 0 Å². The number of hydrogen-bond acceptors (Lipinski definition) is 5. The van der Waals surface area contributed by atoms with Crippen molar-refractivity contribution >= 4 is 59.9 Å². The Bertz CT molecular complexity index is 2650. The van der Waals surface area contributed by atoms with E-state index in [1.165, 1.54) is 41.1 Å². The Labute approximate surface area is 328 Å². The van der Waals surface area contributed by atoms with Gasteiger partial charge < -0.3 is 4.90 Å². The monoisotopic (exact) mass is 739 g/mol. The van der Waals surface area contributed by atoms with Gasteiger partial charge in [0.05, 0.1) is 11.4 Å². The predicted molar refractivity (Wildman–Crippen MR) is 235 cm³/mol. The summed E-state index contributed by atoms with van der Waals surface area (Å²) in [6.07, 6.45) is 0. The third-order valence-corrected chi connectivity index (χ3v) is 12.3. The van der Waals surface area contributed by atoms with Crippen LogP contribution in [0, 0.1) is 0 Å². The second-order valence-corrected chi connectivity index (χ2v) is 15.6. The highest BCUT2D eigenvalue weighted by molar-refractivity contribution is 7.22. The average molecular weight is 740 g/mol. The lowest BCUT2D eigenvalue weighted by atomic mass is 10.1. The summed E-state index contributed by atoms with van der Waals surface area (Å²) < 4.78 is 2.61. The Kier molecular flexibility index (Phi) is 8.56. The fourth-order valence-electron chi connectivity index (χ4n) is 7.09. The molecule has 3 heterocycles. The standard InChI is InChI=1S/C50H33N3S2/c1-3-11-34(12-4-1)44-33-45(52-50(51-44)38-13-5-2-6-14-38)35-19-25-41(26-20-35)53(42-27-21-36(22-28-42)48-31-39-15-7-9-17-46(39)54-48)43-29-23-37(24-30-43)49-32-40-16-8-10-18-47(40)55-49/h1-33H. The van der Waals surface area contributed by atoms with Crippen LogP contribution < -0.4 is 4.90 Å². The van der Waals surface area contributed by atoms with E-state index in [2.05, 4.69) is 169 Å². The van der Waals surface area contributed by atoms with Crippen LogP contribution >= 0.6 is 22.7 Å². The molecule has 0 aliphatic carbocycles. The van der Waals surface area contributed by atoms with E-state index >= 15 is 0 Å². The van der Waals surface area contributed by atoms with Crippen molar-refractivity contribution in [2.45, 2.75) is 0 Å². The fraction of sp³-hybridized carbons (Fsp3) is 0. The Morgan fingerprint density at radius 2 is 0.709 bits per heavy atom. The summed E-state index contributed by atoms with van der Waals surface area (Å²) in [6, 6.07) is 71.0. The zero-order valence-electron chi connectivity index (χ0n) is 29.7. The quantitative estimate of drug-likeness (QED) is 0.155. The molecule has 0 N–H and O–H groups in total. The topological polar surface area (TPSA) is 29.0 Å². The molecule has 0 amide bonds. The minimum absolute atomic E-state index is 0.708. The van der Waals surface area contributed by atoms with Crippen molar-refractivity contribution in [1.29, 1.82) is 0 Å². The molecule has 0 saturated carbocycles. The van der Waals surface area contributed by atoms with Gasteiger partial charge in [0.2, 0.25) is 0 Å². The zero-order chi connectivity index (χ0) is 36.6. The minimum atomic E-state index is 0.708. The summed E-state index contributed by atoms with van der Waals surface area (Å²) in [5, 5.41) is 2.56. The van der Waals surface area contributed by atoms with Gasteiger partial charge in [0, 0.05) is 52.9 Å². The van der Waals surface area contributed by atoms with Gasteiger partial charge in [0.15, 0.2) is 5.82 Å². The normalized spacial score (nSPS) is 11.3. The van der Waals surface area contributed by atoms with Crippen LogP contribution in [0.3, 0.4) is 0 Å². The largest absolute Gasteiger partial charge is 0.311 e. The molecule has 0 fully saturated rings. The molecule has 0 aliphatic heterocycles. The van der Waals surface area contributed by atoms with Crippen molar-refractivity contribution in [3.05, 3.63) is 200 Å². The lowest BCUT2D eigenvalue weighted by molar-refractivity contribution is 1.18. The number of rotatable bonds is 8. The number of nitrogens with zero attached hydrogens (tertiary/aromatic N) is 3. The molecule has 3 nitrogen and oxygen atoms in total. The van der Waals surface area contributed by atoms with Gasteiger partial charge in [0.25, 0.3) is 0 Å². The maximum absolute atomic E-state index is 5.08. The summed E-state index contributed by atoms with van der Waals surface area (Å²) in [4.78, 5) is 14.9. The van der Waals surface area contributed by atoms with Crippen LogP contribution in [0.5, 0.6) is 0 Å². The second kappa shape index (κ2) is 14.3. The molecule has 7 aromatic carbocycles. The SMILES string of the molecule is c1ccc(-c2cc(-c3ccc(N(c4ccc(-c5cc6ccccc6s5)cc4)c4ccc(-c5cc6ccccc6s5)cc4)cc3)nc(-c3ccccc3)n2)cc1. The molecule has 0 spiro atoms. The molecule has 10 rings (SSSR count). The van der Waals surface area contributed by atoms with E-state index in [-0.39, 0.29) is 0 Å². The van der Waals surface area contributed by atoms with Crippen molar-refractivity contribution in [3.8, 4) is 54.8 Å². The van der Waals surface area contributed by atoms with Gasteiger partial charge in [-0.25, -0.2) is 9.97 Å². The van der Waals surface area contributed by atoms with E-state index in [1.807, 2.05) is 59.1 Å². The summed E-state index contributed by atoms with van der Waals surface area (Å²) in [5.74, 6) is 0.708.